The molecule has 0 fully saturated rings. The Balaban J connectivity index is 2.18. The molecular weight excluding hydrogens is 472 g/mol. The molecule has 7 nitrogen and oxygen atoms in total. The van der Waals surface area contributed by atoms with Gasteiger partial charge >= 0.3 is 5.97 Å². The van der Waals surface area contributed by atoms with E-state index in [0.717, 1.165) is 21.5 Å². The van der Waals surface area contributed by atoms with Gasteiger partial charge in [0.15, 0.2) is 6.61 Å². The maximum Gasteiger partial charge on any atom is 0.349 e. The van der Waals surface area contributed by atoms with Gasteiger partial charge in [-0.05, 0) is 68.7 Å². The number of carbonyl (C=O) groups excluding carboxylic acids is 2. The first-order chi connectivity index (χ1) is 15.0. The molecule has 1 N–H and O–H groups in total. The van der Waals surface area contributed by atoms with Gasteiger partial charge in [0, 0.05) is 21.5 Å². The zero-order chi connectivity index (χ0) is 24.1. The summed E-state index contributed by atoms with van der Waals surface area (Å²) in [7, 11) is 0. The van der Waals surface area contributed by atoms with Crippen molar-refractivity contribution in [1.29, 1.82) is 10.5 Å². The van der Waals surface area contributed by atoms with Crippen LogP contribution >= 0.6 is 15.9 Å². The van der Waals surface area contributed by atoms with E-state index in [4.69, 9.17) is 4.74 Å². The molecule has 0 bridgehead atoms. The maximum absolute atomic E-state index is 12.4. The molecule has 32 heavy (non-hydrogen) atoms. The van der Waals surface area contributed by atoms with Gasteiger partial charge in [-0.15, -0.1) is 0 Å². The summed E-state index contributed by atoms with van der Waals surface area (Å²) < 4.78 is 7.99. The minimum Gasteiger partial charge on any atom is -0.451 e. The van der Waals surface area contributed by atoms with Crippen LogP contribution in [0.3, 0.4) is 0 Å². The SMILES string of the molecule is Cc1cc(/C=C(\C#N)C(=O)OCC(=O)N[C@](C)(C#N)C(C)C)c(C)n1-c1ccc(Br)cc1. The molecule has 8 heteroatoms. The summed E-state index contributed by atoms with van der Waals surface area (Å²) in [5.41, 5.74) is 2.13. The molecule has 0 aliphatic rings. The van der Waals surface area contributed by atoms with Gasteiger partial charge in [-0.3, -0.25) is 4.79 Å². The number of nitriles is 2. The number of ether oxygens (including phenoxy) is 1. The van der Waals surface area contributed by atoms with Crippen LogP contribution < -0.4 is 5.32 Å². The summed E-state index contributed by atoms with van der Waals surface area (Å²) in [4.78, 5) is 24.5. The Morgan fingerprint density at radius 3 is 2.41 bits per heavy atom. The lowest BCUT2D eigenvalue weighted by molar-refractivity contribution is -0.144. The number of esters is 1. The fourth-order valence-corrected chi connectivity index (χ4v) is 3.31. The van der Waals surface area contributed by atoms with Crippen LogP contribution in [0, 0.1) is 42.4 Å². The van der Waals surface area contributed by atoms with Crippen LogP contribution in [0.15, 0.2) is 40.4 Å². The lowest BCUT2D eigenvalue weighted by atomic mass is 9.90. The summed E-state index contributed by atoms with van der Waals surface area (Å²) in [5, 5.41) is 21.3. The zero-order valence-corrected chi connectivity index (χ0v) is 20.3. The van der Waals surface area contributed by atoms with Crippen molar-refractivity contribution >= 4 is 33.9 Å². The number of hydrogen-bond acceptors (Lipinski definition) is 5. The van der Waals surface area contributed by atoms with E-state index in [9.17, 15) is 20.1 Å². The van der Waals surface area contributed by atoms with Crippen molar-refractivity contribution in [3.05, 3.63) is 57.3 Å². The highest BCUT2D eigenvalue weighted by Gasteiger charge is 2.30. The first kappa shape index (κ1) is 24.9. The third kappa shape index (κ3) is 5.66. The van der Waals surface area contributed by atoms with Gasteiger partial charge in [0.1, 0.15) is 17.2 Å². The van der Waals surface area contributed by atoms with Crippen LogP contribution in [-0.2, 0) is 14.3 Å². The Bertz CT molecular complexity index is 1130. The van der Waals surface area contributed by atoms with Crippen molar-refractivity contribution in [3.8, 4) is 17.8 Å². The average molecular weight is 497 g/mol. The second kappa shape index (κ2) is 10.3. The highest BCUT2D eigenvalue weighted by Crippen LogP contribution is 2.24. The molecule has 1 amide bonds. The van der Waals surface area contributed by atoms with Crippen LogP contribution in [0.4, 0.5) is 0 Å². The molecule has 1 heterocycles. The van der Waals surface area contributed by atoms with Gasteiger partial charge in [0.2, 0.25) is 0 Å². The van der Waals surface area contributed by atoms with E-state index in [2.05, 4.69) is 27.3 Å². The molecule has 0 spiro atoms. The Morgan fingerprint density at radius 1 is 1.25 bits per heavy atom. The molecular formula is C24H25BrN4O3. The van der Waals surface area contributed by atoms with Crippen LogP contribution in [0.25, 0.3) is 11.8 Å². The van der Waals surface area contributed by atoms with E-state index in [1.165, 1.54) is 6.08 Å². The standard InChI is InChI=1S/C24H25BrN4O3/c1-15(2)24(5,14-27)28-22(30)13-32-23(31)19(12-26)11-18-10-16(3)29(17(18)4)21-8-6-20(25)7-9-21/h6-11,15H,13H2,1-5H3,(H,28,30)/b19-11+/t24-/m1/s1. The smallest absolute Gasteiger partial charge is 0.349 e. The largest absolute Gasteiger partial charge is 0.451 e. The lowest BCUT2D eigenvalue weighted by Crippen LogP contribution is -2.50. The predicted molar refractivity (Wildman–Crippen MR) is 124 cm³/mol. The van der Waals surface area contributed by atoms with Crippen LogP contribution in [0.2, 0.25) is 0 Å². The zero-order valence-electron chi connectivity index (χ0n) is 18.7. The molecule has 0 saturated carbocycles. The van der Waals surface area contributed by atoms with Gasteiger partial charge in [0.25, 0.3) is 5.91 Å². The van der Waals surface area contributed by atoms with Gasteiger partial charge in [-0.1, -0.05) is 29.8 Å². The number of rotatable bonds is 7. The monoisotopic (exact) mass is 496 g/mol. The van der Waals surface area contributed by atoms with Crippen LogP contribution in [0.5, 0.6) is 0 Å². The summed E-state index contributed by atoms with van der Waals surface area (Å²) in [6.07, 6.45) is 1.45. The van der Waals surface area contributed by atoms with Crippen molar-refractivity contribution in [2.24, 2.45) is 5.92 Å². The molecule has 0 saturated heterocycles. The Kier molecular flexibility index (Phi) is 8.02. The average Bonchev–Trinajstić information content (AvgIpc) is 3.03. The van der Waals surface area contributed by atoms with Gasteiger partial charge in [-0.2, -0.15) is 10.5 Å². The molecule has 0 aliphatic carbocycles. The summed E-state index contributed by atoms with van der Waals surface area (Å²) in [6.45, 7) is 8.44. The Hall–Kier alpha value is -3.36. The number of benzene rings is 1. The quantitative estimate of drug-likeness (QED) is 0.348. The molecule has 0 aliphatic heterocycles. The van der Waals surface area contributed by atoms with Crippen LogP contribution in [-0.4, -0.2) is 28.6 Å². The number of nitrogens with one attached hydrogen (secondary N) is 1. The molecule has 1 aromatic carbocycles. The van der Waals surface area contributed by atoms with Crippen molar-refractivity contribution in [2.75, 3.05) is 6.61 Å². The molecule has 0 unspecified atom stereocenters. The van der Waals surface area contributed by atoms with Crippen molar-refractivity contribution in [3.63, 3.8) is 0 Å². The van der Waals surface area contributed by atoms with E-state index >= 15 is 0 Å². The number of hydrogen-bond donors (Lipinski definition) is 1. The van der Waals surface area contributed by atoms with E-state index in [1.807, 2.05) is 54.8 Å². The first-order valence-corrected chi connectivity index (χ1v) is 10.8. The van der Waals surface area contributed by atoms with Crippen molar-refractivity contribution in [1.82, 2.24) is 9.88 Å². The van der Waals surface area contributed by atoms with Crippen molar-refractivity contribution < 1.29 is 14.3 Å². The van der Waals surface area contributed by atoms with E-state index in [-0.39, 0.29) is 11.5 Å². The van der Waals surface area contributed by atoms with E-state index < -0.39 is 24.0 Å². The Labute approximate surface area is 196 Å². The molecule has 1 aromatic heterocycles. The first-order valence-electron chi connectivity index (χ1n) is 9.98. The number of nitrogens with zero attached hydrogens (tertiary/aromatic N) is 3. The fraction of sp³-hybridized carbons (Fsp3) is 0.333. The molecule has 2 aromatic rings. The highest BCUT2D eigenvalue weighted by atomic mass is 79.9. The normalized spacial score (nSPS) is 13.1. The number of carbonyl (C=O) groups is 2. The predicted octanol–water partition coefficient (Wildman–Crippen LogP) is 4.36. The summed E-state index contributed by atoms with van der Waals surface area (Å²) in [5.74, 6) is -1.65. The topological polar surface area (TPSA) is 108 Å². The molecule has 0 radical (unpaired) electrons. The molecule has 1 atom stereocenters. The fourth-order valence-electron chi connectivity index (χ4n) is 3.05. The van der Waals surface area contributed by atoms with Crippen LogP contribution in [0.1, 0.15) is 37.7 Å². The maximum atomic E-state index is 12.4. The summed E-state index contributed by atoms with van der Waals surface area (Å²) in [6, 6.07) is 13.6. The highest BCUT2D eigenvalue weighted by molar-refractivity contribution is 9.10. The minimum atomic E-state index is -1.08. The van der Waals surface area contributed by atoms with Gasteiger partial charge in [-0.25, -0.2) is 4.79 Å². The number of aromatic nitrogens is 1. The number of halogens is 1. The Morgan fingerprint density at radius 2 is 1.88 bits per heavy atom. The lowest BCUT2D eigenvalue weighted by Gasteiger charge is -2.27. The second-order valence-corrected chi connectivity index (χ2v) is 8.82. The van der Waals surface area contributed by atoms with Gasteiger partial charge < -0.3 is 14.6 Å². The number of amides is 1. The van der Waals surface area contributed by atoms with Crippen molar-refractivity contribution in [2.45, 2.75) is 40.2 Å². The summed E-state index contributed by atoms with van der Waals surface area (Å²) >= 11 is 3.42. The minimum absolute atomic E-state index is 0.136. The molecule has 2 rings (SSSR count). The van der Waals surface area contributed by atoms with E-state index in [1.54, 1.807) is 20.8 Å². The molecule has 166 valence electrons. The number of aryl methyl sites for hydroxylation is 1. The van der Waals surface area contributed by atoms with Gasteiger partial charge in [0.05, 0.1) is 6.07 Å². The second-order valence-electron chi connectivity index (χ2n) is 7.90. The van der Waals surface area contributed by atoms with E-state index in [0.29, 0.717) is 5.56 Å². The third-order valence-electron chi connectivity index (χ3n) is 5.32. The third-order valence-corrected chi connectivity index (χ3v) is 5.84.